The molecule has 0 spiro atoms. The van der Waals surface area contributed by atoms with Gasteiger partial charge in [-0.05, 0) is 62.0 Å². The summed E-state index contributed by atoms with van der Waals surface area (Å²) < 4.78 is 34.4. The summed E-state index contributed by atoms with van der Waals surface area (Å²) in [5.74, 6) is -1.48. The lowest BCUT2D eigenvalue weighted by Crippen LogP contribution is -2.63. The van der Waals surface area contributed by atoms with Crippen molar-refractivity contribution >= 4 is 56.6 Å². The van der Waals surface area contributed by atoms with Crippen LogP contribution < -0.4 is 9.64 Å². The maximum atomic E-state index is 14.5. The number of halogens is 4. The molecular formula is C32H29Cl2F2N5O2. The third kappa shape index (κ3) is 4.78. The average Bonchev–Trinajstić information content (AvgIpc) is 3.54. The van der Waals surface area contributed by atoms with Crippen molar-refractivity contribution in [3.05, 3.63) is 70.7 Å². The number of aromatic nitrogens is 2. The number of amides is 1. The molecule has 4 aromatic rings. The van der Waals surface area contributed by atoms with Gasteiger partial charge in [-0.2, -0.15) is 9.97 Å². The Bertz CT molecular complexity index is 1800. The summed E-state index contributed by atoms with van der Waals surface area (Å²) in [6.45, 7) is 5.58. The molecule has 7 rings (SSSR count). The summed E-state index contributed by atoms with van der Waals surface area (Å²) in [6, 6.07) is 12.7. The number of hydrogen-bond acceptors (Lipinski definition) is 6. The number of likely N-dealkylation sites (N-methyl/N-ethyl adjacent to an activating group) is 1. The highest BCUT2D eigenvalue weighted by Gasteiger charge is 2.50. The topological polar surface area (TPSA) is 61.8 Å². The fourth-order valence-electron chi connectivity index (χ4n) is 6.77. The minimum Gasteiger partial charge on any atom is -0.462 e. The normalized spacial score (nSPS) is 21.8. The second kappa shape index (κ2) is 10.9. The summed E-state index contributed by atoms with van der Waals surface area (Å²) in [5.41, 5.74) is 1.94. The predicted octanol–water partition coefficient (Wildman–Crippen LogP) is 6.64. The maximum Gasteiger partial charge on any atom is 0.319 e. The second-order valence-electron chi connectivity index (χ2n) is 11.5. The van der Waals surface area contributed by atoms with Crippen molar-refractivity contribution in [2.45, 2.75) is 37.4 Å². The van der Waals surface area contributed by atoms with E-state index in [2.05, 4.69) is 23.4 Å². The van der Waals surface area contributed by atoms with Crippen LogP contribution >= 0.6 is 23.2 Å². The molecule has 3 fully saturated rings. The maximum absolute atomic E-state index is 14.5. The lowest BCUT2D eigenvalue weighted by Gasteiger charge is -2.47. The number of hydrogen-bond donors (Lipinski definition) is 0. The van der Waals surface area contributed by atoms with Crippen LogP contribution in [0, 0.1) is 5.82 Å². The number of likely N-dealkylation sites (tertiary alicyclic amines) is 2. The van der Waals surface area contributed by atoms with Gasteiger partial charge >= 0.3 is 6.01 Å². The molecule has 3 aliphatic rings. The minimum atomic E-state index is -0.952. The van der Waals surface area contributed by atoms with Gasteiger partial charge in [0.25, 0.3) is 5.91 Å². The highest BCUT2D eigenvalue weighted by Crippen LogP contribution is 2.44. The molecule has 0 N–H and O–H groups in total. The Hall–Kier alpha value is -3.53. The zero-order chi connectivity index (χ0) is 30.0. The quantitative estimate of drug-likeness (QED) is 0.224. The largest absolute Gasteiger partial charge is 0.462 e. The van der Waals surface area contributed by atoms with E-state index in [9.17, 15) is 13.6 Å². The first kappa shape index (κ1) is 28.3. The monoisotopic (exact) mass is 623 g/mol. The molecule has 43 heavy (non-hydrogen) atoms. The molecule has 3 saturated heterocycles. The second-order valence-corrected chi connectivity index (χ2v) is 12.3. The van der Waals surface area contributed by atoms with E-state index in [1.165, 1.54) is 6.07 Å². The van der Waals surface area contributed by atoms with Crippen LogP contribution in [0.1, 0.15) is 19.3 Å². The Balaban J connectivity index is 1.32. The molecule has 222 valence electrons. The molecule has 0 aliphatic carbocycles. The first-order valence-corrected chi connectivity index (χ1v) is 15.1. The van der Waals surface area contributed by atoms with Gasteiger partial charge in [-0.1, -0.05) is 54.0 Å². The van der Waals surface area contributed by atoms with Crippen LogP contribution in [0.5, 0.6) is 6.01 Å². The number of benzene rings is 3. The van der Waals surface area contributed by atoms with Gasteiger partial charge in [0, 0.05) is 40.5 Å². The van der Waals surface area contributed by atoms with Crippen LogP contribution in [0.2, 0.25) is 10.0 Å². The molecule has 0 radical (unpaired) electrons. The van der Waals surface area contributed by atoms with Crippen LogP contribution in [0.4, 0.5) is 14.6 Å². The lowest BCUT2D eigenvalue weighted by atomic mass is 9.95. The van der Waals surface area contributed by atoms with Gasteiger partial charge in [0.1, 0.15) is 18.2 Å². The van der Waals surface area contributed by atoms with E-state index in [1.807, 2.05) is 30.3 Å². The number of rotatable bonds is 6. The zero-order valence-corrected chi connectivity index (χ0v) is 25.0. The molecule has 0 saturated carbocycles. The highest BCUT2D eigenvalue weighted by atomic mass is 35.5. The summed E-state index contributed by atoms with van der Waals surface area (Å²) in [7, 11) is 2.08. The number of carbonyl (C=O) groups excluding carboxylic acids is 1. The molecule has 3 atom stereocenters. The third-order valence-corrected chi connectivity index (χ3v) is 9.79. The van der Waals surface area contributed by atoms with Crippen molar-refractivity contribution in [2.75, 3.05) is 38.2 Å². The Morgan fingerprint density at radius 1 is 1.09 bits per heavy atom. The number of nitrogens with zero attached hydrogens (tertiary/aromatic N) is 5. The number of anilines is 1. The van der Waals surface area contributed by atoms with E-state index >= 15 is 0 Å². The molecule has 1 amide bonds. The molecule has 3 aromatic carbocycles. The third-order valence-electron chi connectivity index (χ3n) is 9.10. The van der Waals surface area contributed by atoms with Crippen molar-refractivity contribution in [3.63, 3.8) is 0 Å². The zero-order valence-electron chi connectivity index (χ0n) is 23.5. The van der Waals surface area contributed by atoms with Crippen molar-refractivity contribution in [2.24, 2.45) is 0 Å². The highest BCUT2D eigenvalue weighted by molar-refractivity contribution is 6.38. The fourth-order valence-corrected chi connectivity index (χ4v) is 7.31. The number of ether oxygens (including phenoxy) is 1. The molecule has 3 aliphatic heterocycles. The van der Waals surface area contributed by atoms with E-state index in [-0.39, 0.29) is 29.2 Å². The average molecular weight is 625 g/mol. The van der Waals surface area contributed by atoms with E-state index in [0.29, 0.717) is 59.0 Å². The van der Waals surface area contributed by atoms with Crippen molar-refractivity contribution in [1.82, 2.24) is 19.8 Å². The Labute approximate surface area is 257 Å². The van der Waals surface area contributed by atoms with E-state index in [0.717, 1.165) is 30.2 Å². The Morgan fingerprint density at radius 3 is 2.70 bits per heavy atom. The van der Waals surface area contributed by atoms with Crippen LogP contribution in [-0.2, 0) is 4.79 Å². The van der Waals surface area contributed by atoms with Gasteiger partial charge in [0.05, 0.1) is 22.6 Å². The summed E-state index contributed by atoms with van der Waals surface area (Å²) >= 11 is 13.4. The summed E-state index contributed by atoms with van der Waals surface area (Å²) in [4.78, 5) is 27.9. The standard InChI is InChI=1S/C32H29Cl2F2N5O2/c1-17(35)31(42)40-12-10-26-27(40)15-41(26)30-22-13-23(33)21(20-7-3-5-18-8-9-24(36)29(34)28(18)20)14-25(22)37-32(38-30)43-16-19-6-4-11-39(19)2/h3,5,7-9,13-14,19,26-27H,1,4,6,10-12,15-16H2,2H3/t19-,26?,27+/m0/s1. The Kier molecular flexibility index (Phi) is 7.15. The molecular weight excluding hydrogens is 595 g/mol. The van der Waals surface area contributed by atoms with Crippen LogP contribution in [0.25, 0.3) is 32.8 Å². The molecule has 7 nitrogen and oxygen atoms in total. The smallest absolute Gasteiger partial charge is 0.319 e. The first-order valence-electron chi connectivity index (χ1n) is 14.3. The number of carbonyl (C=O) groups is 1. The van der Waals surface area contributed by atoms with E-state index in [1.54, 1.807) is 11.0 Å². The van der Waals surface area contributed by atoms with Gasteiger partial charge in [-0.3, -0.25) is 4.79 Å². The SMILES string of the molecule is C=C(F)C(=O)N1CCC2[C@H]1CN2c1nc(OC[C@@H]2CCCN2C)nc2cc(-c3cccc4ccc(F)c(Cl)c34)c(Cl)cc12. The molecule has 1 aromatic heterocycles. The van der Waals surface area contributed by atoms with Gasteiger partial charge in [-0.15, -0.1) is 0 Å². The summed E-state index contributed by atoms with van der Waals surface area (Å²) in [5, 5.41) is 2.53. The number of fused-ring (bicyclic) bond motifs is 3. The summed E-state index contributed by atoms with van der Waals surface area (Å²) in [6.07, 6.45) is 2.82. The van der Waals surface area contributed by atoms with Gasteiger partial charge in [-0.25, -0.2) is 8.78 Å². The molecule has 11 heteroatoms. The van der Waals surface area contributed by atoms with Gasteiger partial charge in [0.15, 0.2) is 5.83 Å². The van der Waals surface area contributed by atoms with E-state index < -0.39 is 17.6 Å². The molecule has 1 unspecified atom stereocenters. The van der Waals surface area contributed by atoms with Crippen molar-refractivity contribution in [3.8, 4) is 17.1 Å². The van der Waals surface area contributed by atoms with Crippen molar-refractivity contribution in [1.29, 1.82) is 0 Å². The van der Waals surface area contributed by atoms with Crippen molar-refractivity contribution < 1.29 is 18.3 Å². The lowest BCUT2D eigenvalue weighted by molar-refractivity contribution is -0.130. The first-order chi connectivity index (χ1) is 20.7. The fraction of sp³-hybridized carbons (Fsp3) is 0.344. The molecule has 0 bridgehead atoms. The Morgan fingerprint density at radius 2 is 1.93 bits per heavy atom. The van der Waals surface area contributed by atoms with Gasteiger partial charge in [0.2, 0.25) is 0 Å². The molecule has 4 heterocycles. The predicted molar refractivity (Wildman–Crippen MR) is 165 cm³/mol. The minimum absolute atomic E-state index is 0.0280. The van der Waals surface area contributed by atoms with Crippen LogP contribution in [-0.4, -0.2) is 77.1 Å². The van der Waals surface area contributed by atoms with Gasteiger partial charge < -0.3 is 19.4 Å². The van der Waals surface area contributed by atoms with Crippen LogP contribution in [0.15, 0.2) is 54.9 Å². The van der Waals surface area contributed by atoms with Crippen LogP contribution in [0.3, 0.4) is 0 Å². The van der Waals surface area contributed by atoms with E-state index in [4.69, 9.17) is 37.9 Å².